The van der Waals surface area contributed by atoms with Crippen LogP contribution < -0.4 is 5.32 Å². The molecule has 8 nitrogen and oxygen atoms in total. The predicted molar refractivity (Wildman–Crippen MR) is 267 cm³/mol. The first-order valence-corrected chi connectivity index (χ1v) is 27.5. The summed E-state index contributed by atoms with van der Waals surface area (Å²) in [5.74, 6) is -0.201. The maximum atomic E-state index is 12.9. The van der Waals surface area contributed by atoms with Crippen molar-refractivity contribution in [2.75, 3.05) is 40.9 Å². The number of phosphoric ester groups is 1. The van der Waals surface area contributed by atoms with Crippen molar-refractivity contribution in [3.63, 3.8) is 0 Å². The molecule has 0 aromatic carbocycles. The molecule has 0 heterocycles. The third-order valence-electron chi connectivity index (χ3n) is 11.5. The van der Waals surface area contributed by atoms with E-state index in [9.17, 15) is 19.4 Å². The Labute approximate surface area is 384 Å². The number of hydrogen-bond donors (Lipinski definition) is 3. The third kappa shape index (κ3) is 46.5. The molecule has 1 amide bonds. The van der Waals surface area contributed by atoms with Crippen LogP contribution in [0.1, 0.15) is 232 Å². The van der Waals surface area contributed by atoms with Gasteiger partial charge in [-0.1, -0.05) is 217 Å². The summed E-state index contributed by atoms with van der Waals surface area (Å²) in [6.07, 6.45) is 57.8. The van der Waals surface area contributed by atoms with Crippen LogP contribution in [0.15, 0.2) is 48.6 Å². The Morgan fingerprint density at radius 1 is 0.548 bits per heavy atom. The number of rotatable bonds is 47. The van der Waals surface area contributed by atoms with Gasteiger partial charge in [-0.3, -0.25) is 13.8 Å². The summed E-state index contributed by atoms with van der Waals surface area (Å²) in [6, 6.07) is -0.871. The first-order valence-electron chi connectivity index (χ1n) is 26.0. The highest BCUT2D eigenvalue weighted by Crippen LogP contribution is 2.43. The van der Waals surface area contributed by atoms with Gasteiger partial charge in [0.15, 0.2) is 0 Å². The van der Waals surface area contributed by atoms with Crippen molar-refractivity contribution < 1.29 is 32.9 Å². The molecule has 0 spiro atoms. The van der Waals surface area contributed by atoms with Crippen molar-refractivity contribution in [3.05, 3.63) is 48.6 Å². The fourth-order valence-electron chi connectivity index (χ4n) is 7.37. The summed E-state index contributed by atoms with van der Waals surface area (Å²) >= 11 is 0. The number of allylic oxidation sites excluding steroid dienone is 7. The number of carbonyl (C=O) groups is 1. The molecule has 9 heteroatoms. The molecule has 0 radical (unpaired) electrons. The molecule has 0 saturated heterocycles. The molecule has 0 aliphatic heterocycles. The second-order valence-corrected chi connectivity index (χ2v) is 20.3. The van der Waals surface area contributed by atoms with Crippen molar-refractivity contribution >= 4 is 13.7 Å². The van der Waals surface area contributed by atoms with Crippen LogP contribution in [0, 0.1) is 0 Å². The highest BCUT2D eigenvalue weighted by atomic mass is 31.2. The molecule has 62 heavy (non-hydrogen) atoms. The zero-order valence-corrected chi connectivity index (χ0v) is 42.3. The highest BCUT2D eigenvalue weighted by molar-refractivity contribution is 7.47. The number of nitrogens with one attached hydrogen (secondary N) is 1. The fraction of sp³-hybridized carbons (Fsp3) is 0.830. The smallest absolute Gasteiger partial charge is 0.387 e. The van der Waals surface area contributed by atoms with Crippen molar-refractivity contribution in [3.8, 4) is 0 Å². The van der Waals surface area contributed by atoms with E-state index in [0.29, 0.717) is 17.4 Å². The van der Waals surface area contributed by atoms with Crippen LogP contribution in [-0.4, -0.2) is 73.4 Å². The van der Waals surface area contributed by atoms with Gasteiger partial charge in [0.25, 0.3) is 0 Å². The first kappa shape index (κ1) is 60.5. The highest BCUT2D eigenvalue weighted by Gasteiger charge is 2.27. The number of aliphatic hydroxyl groups is 1. The summed E-state index contributed by atoms with van der Waals surface area (Å²) in [7, 11) is 1.54. The number of aliphatic hydroxyl groups excluding tert-OH is 1. The maximum absolute atomic E-state index is 12.9. The third-order valence-corrected chi connectivity index (χ3v) is 12.5. The van der Waals surface area contributed by atoms with Crippen LogP contribution >= 0.6 is 7.82 Å². The van der Waals surface area contributed by atoms with Crippen LogP contribution in [0.5, 0.6) is 0 Å². The van der Waals surface area contributed by atoms with Gasteiger partial charge in [-0.25, -0.2) is 4.57 Å². The largest absolute Gasteiger partial charge is 0.472 e. The Kier molecular flexibility index (Phi) is 43.5. The van der Waals surface area contributed by atoms with E-state index in [-0.39, 0.29) is 19.1 Å². The standard InChI is InChI=1S/C53H101N2O6P/c1-6-8-10-12-14-16-18-20-22-23-24-25-26-27-28-29-30-31-32-33-34-36-38-40-42-44-46-52(56)51(50-61-62(58,59)60-49-48-55(3,4)5)54-53(57)47-45-43-41-39-37-35-21-19-17-15-13-11-9-7-2/h13,15,19,21,36,38,44,46,51-52,56H,6-12,14,16-18,20,22-35,37,39-43,45,47-50H2,1-5H3,(H-,54,57,58,59)/p+1/b15-13-,21-19-,38-36+,46-44+. The minimum absolute atomic E-state index is 0.0522. The van der Waals surface area contributed by atoms with Gasteiger partial charge >= 0.3 is 7.82 Å². The van der Waals surface area contributed by atoms with E-state index in [1.165, 1.54) is 148 Å². The quantitative estimate of drug-likeness (QED) is 0.0243. The molecule has 0 aromatic heterocycles. The lowest BCUT2D eigenvalue weighted by molar-refractivity contribution is -0.870. The van der Waals surface area contributed by atoms with Crippen molar-refractivity contribution in [1.82, 2.24) is 5.32 Å². The fourth-order valence-corrected chi connectivity index (χ4v) is 8.10. The molecule has 3 unspecified atom stereocenters. The average molecular weight is 894 g/mol. The van der Waals surface area contributed by atoms with E-state index in [4.69, 9.17) is 9.05 Å². The number of quaternary nitrogens is 1. The number of phosphoric acid groups is 1. The number of carbonyl (C=O) groups excluding carboxylic acids is 1. The number of amides is 1. The second-order valence-electron chi connectivity index (χ2n) is 18.9. The van der Waals surface area contributed by atoms with Crippen molar-refractivity contribution in [2.45, 2.75) is 244 Å². The Balaban J connectivity index is 4.29. The Morgan fingerprint density at radius 2 is 0.952 bits per heavy atom. The van der Waals surface area contributed by atoms with E-state index in [1.54, 1.807) is 6.08 Å². The van der Waals surface area contributed by atoms with E-state index < -0.39 is 20.0 Å². The van der Waals surface area contributed by atoms with E-state index in [0.717, 1.165) is 64.2 Å². The molecule has 3 N–H and O–H groups in total. The Hall–Kier alpha value is -1.54. The molecule has 0 aromatic rings. The van der Waals surface area contributed by atoms with Gasteiger partial charge in [0.05, 0.1) is 39.9 Å². The zero-order valence-electron chi connectivity index (χ0n) is 41.4. The van der Waals surface area contributed by atoms with E-state index >= 15 is 0 Å². The molecule has 0 rings (SSSR count). The Bertz CT molecular complexity index is 1150. The normalized spacial score (nSPS) is 14.5. The van der Waals surface area contributed by atoms with Gasteiger partial charge in [0.1, 0.15) is 13.2 Å². The number of hydrogen-bond acceptors (Lipinski definition) is 5. The molecule has 0 saturated carbocycles. The van der Waals surface area contributed by atoms with Crippen LogP contribution in [0.25, 0.3) is 0 Å². The summed E-state index contributed by atoms with van der Waals surface area (Å²) in [4.78, 5) is 23.2. The van der Waals surface area contributed by atoms with Crippen LogP contribution in [0.2, 0.25) is 0 Å². The molecule has 0 fully saturated rings. The molecular formula is C53H102N2O6P+. The molecular weight excluding hydrogens is 792 g/mol. The van der Waals surface area contributed by atoms with Gasteiger partial charge in [-0.15, -0.1) is 0 Å². The molecule has 0 aliphatic rings. The number of likely N-dealkylation sites (N-methyl/N-ethyl adjacent to an activating group) is 1. The van der Waals surface area contributed by atoms with Crippen molar-refractivity contribution in [2.24, 2.45) is 0 Å². The zero-order chi connectivity index (χ0) is 45.7. The lowest BCUT2D eigenvalue weighted by Crippen LogP contribution is -2.45. The SMILES string of the molecule is CCCC/C=C\C/C=C\CCCCCCCC(=O)NC(COP(=O)(O)OCC[N+](C)(C)C)C(O)/C=C/CC/C=C/CCCCCCCCCCCCCCCCCCCCCC. The van der Waals surface area contributed by atoms with Gasteiger partial charge in [0.2, 0.25) is 5.91 Å². The average Bonchev–Trinajstić information content (AvgIpc) is 3.23. The minimum Gasteiger partial charge on any atom is -0.387 e. The van der Waals surface area contributed by atoms with E-state index in [2.05, 4.69) is 55.6 Å². The molecule has 364 valence electrons. The first-order chi connectivity index (χ1) is 30.0. The minimum atomic E-state index is -4.35. The Morgan fingerprint density at radius 3 is 1.44 bits per heavy atom. The lowest BCUT2D eigenvalue weighted by Gasteiger charge is -2.25. The van der Waals surface area contributed by atoms with Crippen molar-refractivity contribution in [1.29, 1.82) is 0 Å². The second kappa shape index (κ2) is 44.7. The van der Waals surface area contributed by atoms with E-state index in [1.807, 2.05) is 27.2 Å². The van der Waals surface area contributed by atoms with Gasteiger partial charge in [-0.05, 0) is 57.8 Å². The monoisotopic (exact) mass is 894 g/mol. The van der Waals surface area contributed by atoms with Gasteiger partial charge < -0.3 is 19.8 Å². The van der Waals surface area contributed by atoms with Gasteiger partial charge in [0, 0.05) is 6.42 Å². The number of nitrogens with zero attached hydrogens (tertiary/aromatic N) is 1. The molecule has 3 atom stereocenters. The summed E-state index contributed by atoms with van der Waals surface area (Å²) in [5, 5.41) is 13.8. The summed E-state index contributed by atoms with van der Waals surface area (Å²) in [5.41, 5.74) is 0. The molecule has 0 aliphatic carbocycles. The number of unbranched alkanes of at least 4 members (excludes halogenated alkanes) is 28. The summed E-state index contributed by atoms with van der Waals surface area (Å²) < 4.78 is 23.6. The van der Waals surface area contributed by atoms with Crippen LogP contribution in [0.3, 0.4) is 0 Å². The van der Waals surface area contributed by atoms with Gasteiger partial charge in [-0.2, -0.15) is 0 Å². The summed E-state index contributed by atoms with van der Waals surface area (Å²) in [6.45, 7) is 4.75. The predicted octanol–water partition coefficient (Wildman–Crippen LogP) is 15.2. The molecule has 0 bridgehead atoms. The topological polar surface area (TPSA) is 105 Å². The lowest BCUT2D eigenvalue weighted by atomic mass is 10.0. The maximum Gasteiger partial charge on any atom is 0.472 e. The van der Waals surface area contributed by atoms with Crippen LogP contribution in [0.4, 0.5) is 0 Å². The van der Waals surface area contributed by atoms with Crippen LogP contribution in [-0.2, 0) is 18.4 Å².